The predicted molar refractivity (Wildman–Crippen MR) is 98.7 cm³/mol. The smallest absolute Gasteiger partial charge is 0.251 e. The van der Waals surface area contributed by atoms with Gasteiger partial charge in [-0.1, -0.05) is 42.5 Å². The lowest BCUT2D eigenvalue weighted by molar-refractivity contribution is 0.0951. The van der Waals surface area contributed by atoms with Crippen LogP contribution in [0.1, 0.15) is 15.2 Å². The molecule has 128 valence electrons. The number of hydrogen-bond acceptors (Lipinski definition) is 4. The molecule has 0 aliphatic heterocycles. The summed E-state index contributed by atoms with van der Waals surface area (Å²) < 4.78 is 22.6. The van der Waals surface area contributed by atoms with E-state index in [1.807, 2.05) is 42.5 Å². The predicted octanol–water partition coefficient (Wildman–Crippen LogP) is 2.99. The van der Waals surface area contributed by atoms with E-state index >= 15 is 0 Å². The molecular weight excluding hydrogens is 356 g/mol. The van der Waals surface area contributed by atoms with Crippen LogP contribution in [0.2, 0.25) is 0 Å². The summed E-state index contributed by atoms with van der Waals surface area (Å²) >= 11 is 1.05. The summed E-state index contributed by atoms with van der Waals surface area (Å²) in [5.41, 5.74) is 2.67. The molecule has 0 spiro atoms. The number of carbonyl (C=O) groups excluding carboxylic acids is 1. The minimum absolute atomic E-state index is 0.0870. The molecular formula is C18H16N2O3S2. The Morgan fingerprint density at radius 2 is 1.56 bits per heavy atom. The van der Waals surface area contributed by atoms with Crippen LogP contribution in [0, 0.1) is 0 Å². The van der Waals surface area contributed by atoms with Gasteiger partial charge in [-0.15, -0.1) is 11.3 Å². The van der Waals surface area contributed by atoms with Gasteiger partial charge in [0, 0.05) is 10.4 Å². The van der Waals surface area contributed by atoms with Gasteiger partial charge in [-0.3, -0.25) is 4.79 Å². The highest BCUT2D eigenvalue weighted by Gasteiger charge is 2.12. The molecule has 0 unspecified atom stereocenters. The van der Waals surface area contributed by atoms with E-state index in [9.17, 15) is 13.2 Å². The van der Waals surface area contributed by atoms with Gasteiger partial charge in [0.05, 0.1) is 6.54 Å². The second-order valence-electron chi connectivity index (χ2n) is 5.39. The molecule has 3 aromatic rings. The fourth-order valence-corrected chi connectivity index (χ4v) is 4.04. The monoisotopic (exact) mass is 372 g/mol. The number of nitrogens with one attached hydrogen (secondary N) is 1. The molecule has 25 heavy (non-hydrogen) atoms. The number of carbonyl (C=O) groups is 1. The van der Waals surface area contributed by atoms with Gasteiger partial charge in [-0.2, -0.15) is 0 Å². The lowest BCUT2D eigenvalue weighted by Crippen LogP contribution is -2.22. The molecule has 0 aliphatic rings. The Hall–Kier alpha value is -2.48. The van der Waals surface area contributed by atoms with Crippen molar-refractivity contribution in [2.45, 2.75) is 10.8 Å². The summed E-state index contributed by atoms with van der Waals surface area (Å²) in [5, 5.41) is 7.85. The number of rotatable bonds is 5. The maximum absolute atomic E-state index is 12.2. The minimum Gasteiger partial charge on any atom is -0.347 e. The fraction of sp³-hybridized carbons (Fsp3) is 0.0556. The first-order valence-electron chi connectivity index (χ1n) is 7.49. The standard InChI is InChI=1S/C18H16N2O3S2/c19-25(22,23)17-11-10-16(24-17)12-20-18(21)15-8-6-14(7-9-15)13-4-2-1-3-5-13/h1-11H,12H2,(H,20,21)(H2,19,22,23). The molecule has 1 amide bonds. The maximum Gasteiger partial charge on any atom is 0.251 e. The van der Waals surface area contributed by atoms with Crippen molar-refractivity contribution in [2.75, 3.05) is 0 Å². The van der Waals surface area contributed by atoms with E-state index in [1.165, 1.54) is 6.07 Å². The lowest BCUT2D eigenvalue weighted by atomic mass is 10.0. The van der Waals surface area contributed by atoms with Crippen molar-refractivity contribution in [3.63, 3.8) is 0 Å². The number of nitrogens with two attached hydrogens (primary N) is 1. The zero-order valence-corrected chi connectivity index (χ0v) is 14.8. The van der Waals surface area contributed by atoms with Gasteiger partial charge < -0.3 is 5.32 Å². The number of sulfonamides is 1. The fourth-order valence-electron chi connectivity index (χ4n) is 2.32. The summed E-state index contributed by atoms with van der Waals surface area (Å²) in [6.45, 7) is 0.249. The molecule has 0 aliphatic carbocycles. The van der Waals surface area contributed by atoms with Crippen molar-refractivity contribution in [2.24, 2.45) is 5.14 Å². The van der Waals surface area contributed by atoms with Crippen LogP contribution in [-0.2, 0) is 16.6 Å². The van der Waals surface area contributed by atoms with Crippen LogP contribution in [0.15, 0.2) is 70.9 Å². The molecule has 5 nitrogen and oxygen atoms in total. The van der Waals surface area contributed by atoms with Crippen molar-refractivity contribution in [1.29, 1.82) is 0 Å². The molecule has 0 atom stereocenters. The largest absolute Gasteiger partial charge is 0.347 e. The average molecular weight is 372 g/mol. The van der Waals surface area contributed by atoms with Crippen LogP contribution in [0.4, 0.5) is 0 Å². The average Bonchev–Trinajstić information content (AvgIpc) is 3.10. The van der Waals surface area contributed by atoms with Crippen molar-refractivity contribution >= 4 is 27.3 Å². The molecule has 0 bridgehead atoms. The summed E-state index contributed by atoms with van der Waals surface area (Å²) in [5.74, 6) is -0.217. The molecule has 1 heterocycles. The Balaban J connectivity index is 1.65. The van der Waals surface area contributed by atoms with Crippen molar-refractivity contribution in [3.05, 3.63) is 77.2 Å². The van der Waals surface area contributed by atoms with E-state index < -0.39 is 10.0 Å². The molecule has 1 aromatic heterocycles. The van der Waals surface area contributed by atoms with Gasteiger partial charge in [0.15, 0.2) is 0 Å². The molecule has 3 N–H and O–H groups in total. The number of benzene rings is 2. The molecule has 0 saturated heterocycles. The Morgan fingerprint density at radius 3 is 2.16 bits per heavy atom. The molecule has 2 aromatic carbocycles. The highest BCUT2D eigenvalue weighted by atomic mass is 32.2. The lowest BCUT2D eigenvalue weighted by Gasteiger charge is -2.06. The quantitative estimate of drug-likeness (QED) is 0.721. The third-order valence-corrected chi connectivity index (χ3v) is 6.12. The summed E-state index contributed by atoms with van der Waals surface area (Å²) in [6, 6.07) is 20.3. The molecule has 7 heteroatoms. The third kappa shape index (κ3) is 4.33. The highest BCUT2D eigenvalue weighted by Crippen LogP contribution is 2.21. The second-order valence-corrected chi connectivity index (χ2v) is 8.35. The van der Waals surface area contributed by atoms with Gasteiger partial charge in [-0.05, 0) is 35.4 Å². The zero-order valence-electron chi connectivity index (χ0n) is 13.2. The summed E-state index contributed by atoms with van der Waals surface area (Å²) in [7, 11) is -3.70. The van der Waals surface area contributed by atoms with Crippen LogP contribution in [-0.4, -0.2) is 14.3 Å². The van der Waals surface area contributed by atoms with Crippen LogP contribution in [0.25, 0.3) is 11.1 Å². The van der Waals surface area contributed by atoms with Gasteiger partial charge >= 0.3 is 0 Å². The Labute approximate surface area is 150 Å². The first kappa shape index (κ1) is 17.3. The van der Waals surface area contributed by atoms with Crippen LogP contribution < -0.4 is 10.5 Å². The van der Waals surface area contributed by atoms with Crippen molar-refractivity contribution < 1.29 is 13.2 Å². The molecule has 0 fully saturated rings. The normalized spacial score (nSPS) is 11.2. The Morgan fingerprint density at radius 1 is 0.920 bits per heavy atom. The maximum atomic E-state index is 12.2. The Bertz CT molecular complexity index is 979. The van der Waals surface area contributed by atoms with E-state index in [2.05, 4.69) is 5.32 Å². The molecule has 0 saturated carbocycles. The minimum atomic E-state index is -3.70. The molecule has 0 radical (unpaired) electrons. The van der Waals surface area contributed by atoms with E-state index in [1.54, 1.807) is 18.2 Å². The van der Waals surface area contributed by atoms with E-state index in [4.69, 9.17) is 5.14 Å². The van der Waals surface area contributed by atoms with E-state index in [0.717, 1.165) is 27.3 Å². The SMILES string of the molecule is NS(=O)(=O)c1ccc(CNC(=O)c2ccc(-c3ccccc3)cc2)s1. The Kier molecular flexibility index (Phi) is 4.98. The number of amides is 1. The third-order valence-electron chi connectivity index (χ3n) is 3.59. The van der Waals surface area contributed by atoms with E-state index in [-0.39, 0.29) is 16.7 Å². The highest BCUT2D eigenvalue weighted by molar-refractivity contribution is 7.91. The van der Waals surface area contributed by atoms with Crippen LogP contribution in [0.5, 0.6) is 0 Å². The molecule has 3 rings (SSSR count). The van der Waals surface area contributed by atoms with E-state index in [0.29, 0.717) is 5.56 Å². The summed E-state index contributed by atoms with van der Waals surface area (Å²) in [6.07, 6.45) is 0. The van der Waals surface area contributed by atoms with Crippen molar-refractivity contribution in [1.82, 2.24) is 5.32 Å². The topological polar surface area (TPSA) is 89.3 Å². The van der Waals surface area contributed by atoms with Gasteiger partial charge in [0.1, 0.15) is 4.21 Å². The van der Waals surface area contributed by atoms with Gasteiger partial charge in [0.2, 0.25) is 10.0 Å². The number of hydrogen-bond donors (Lipinski definition) is 2. The second kappa shape index (κ2) is 7.18. The number of primary sulfonamides is 1. The van der Waals surface area contributed by atoms with Crippen molar-refractivity contribution in [3.8, 4) is 11.1 Å². The first-order valence-corrected chi connectivity index (χ1v) is 9.85. The van der Waals surface area contributed by atoms with Crippen LogP contribution >= 0.6 is 11.3 Å². The van der Waals surface area contributed by atoms with Gasteiger partial charge in [-0.25, -0.2) is 13.6 Å². The first-order chi connectivity index (χ1) is 11.9. The summed E-state index contributed by atoms with van der Waals surface area (Å²) in [4.78, 5) is 12.9. The van der Waals surface area contributed by atoms with Crippen LogP contribution in [0.3, 0.4) is 0 Å². The zero-order chi connectivity index (χ0) is 17.9. The number of thiophene rings is 1. The van der Waals surface area contributed by atoms with Gasteiger partial charge in [0.25, 0.3) is 5.91 Å².